The number of carbonyl (C=O) groups excluding carboxylic acids is 1. The predicted molar refractivity (Wildman–Crippen MR) is 266 cm³/mol. The summed E-state index contributed by atoms with van der Waals surface area (Å²) in [5, 5.41) is 174. The van der Waals surface area contributed by atoms with E-state index in [9.17, 15) is 86.5 Å². The molecule has 30 atom stereocenters. The zero-order valence-corrected chi connectivity index (χ0v) is 45.9. The monoisotopic (exact) mass is 1150 g/mol. The Morgan fingerprint density at radius 3 is 1.62 bits per heavy atom. The summed E-state index contributed by atoms with van der Waals surface area (Å²) in [4.78, 5) is 28.5. The van der Waals surface area contributed by atoms with Crippen molar-refractivity contribution in [2.45, 2.75) is 234 Å². The largest absolute Gasteiger partial charge is 0.481 e. The van der Waals surface area contributed by atoms with Crippen LogP contribution in [0, 0.1) is 50.2 Å². The van der Waals surface area contributed by atoms with Crippen molar-refractivity contribution in [1.82, 2.24) is 0 Å². The Hall–Kier alpha value is -2.20. The number of hydrogen-bond acceptors (Lipinski definition) is 25. The van der Waals surface area contributed by atoms with Gasteiger partial charge in [-0.3, -0.25) is 9.59 Å². The third kappa shape index (κ3) is 9.92. The van der Waals surface area contributed by atoms with E-state index in [4.69, 9.17) is 37.9 Å². The summed E-state index contributed by atoms with van der Waals surface area (Å²) in [5.41, 5.74) is -4.15. The minimum absolute atomic E-state index is 0.0573. The zero-order valence-electron chi connectivity index (χ0n) is 45.9. The third-order valence-electron chi connectivity index (χ3n) is 21.5. The molecule has 16 N–H and O–H groups in total. The van der Waals surface area contributed by atoms with E-state index in [-0.39, 0.29) is 30.1 Å². The predicted octanol–water partition coefficient (Wildman–Crippen LogP) is -4.00. The van der Waals surface area contributed by atoms with Crippen LogP contribution >= 0.6 is 0 Å². The van der Waals surface area contributed by atoms with E-state index in [0.29, 0.717) is 44.9 Å². The van der Waals surface area contributed by atoms with Crippen LogP contribution < -0.4 is 0 Å². The van der Waals surface area contributed by atoms with Crippen LogP contribution in [0.4, 0.5) is 0 Å². The molecular weight excluding hydrogens is 1060 g/mol. The lowest BCUT2D eigenvalue weighted by Crippen LogP contribution is -2.69. The molecule has 0 radical (unpaired) electrons. The Labute approximate surface area is 462 Å². The van der Waals surface area contributed by atoms with E-state index < -0.39 is 206 Å². The van der Waals surface area contributed by atoms with Crippen molar-refractivity contribution in [3.63, 3.8) is 0 Å². The van der Waals surface area contributed by atoms with Gasteiger partial charge in [-0.25, -0.2) is 0 Å². The van der Waals surface area contributed by atoms with Gasteiger partial charge in [-0.2, -0.15) is 0 Å². The molecule has 0 aromatic heterocycles. The van der Waals surface area contributed by atoms with E-state index in [2.05, 4.69) is 40.7 Å². The maximum Gasteiger partial charge on any atom is 0.317 e. The number of carbonyl (C=O) groups is 2. The molecule has 4 heterocycles. The lowest BCUT2D eigenvalue weighted by Gasteiger charge is -2.71. The van der Waals surface area contributed by atoms with E-state index in [0.717, 1.165) is 5.57 Å². The van der Waals surface area contributed by atoms with E-state index in [1.54, 1.807) is 6.92 Å². The molecule has 26 nitrogen and oxygen atoms in total. The number of hydrogen-bond donors (Lipinski definition) is 16. The fraction of sp³-hybridized carbons (Fsp3) is 0.926. The number of esters is 1. The second-order valence-electron chi connectivity index (χ2n) is 26.2. The highest BCUT2D eigenvalue weighted by Gasteiger charge is 2.73. The maximum atomic E-state index is 15.5. The summed E-state index contributed by atoms with van der Waals surface area (Å²) < 4.78 is 46.3. The zero-order chi connectivity index (χ0) is 58.7. The molecular formula is C54H86O26. The number of aliphatic carboxylic acids is 1. The number of fused-ring (bicyclic) bond motifs is 7. The Morgan fingerprint density at radius 1 is 0.550 bits per heavy atom. The van der Waals surface area contributed by atoms with Gasteiger partial charge < -0.3 is 120 Å². The number of carboxylic acids is 1. The average molecular weight is 1150 g/mol. The minimum atomic E-state index is -2.15. The molecule has 0 spiro atoms. The summed E-state index contributed by atoms with van der Waals surface area (Å²) in [6.07, 6.45) is -33.6. The molecule has 0 bridgehead atoms. The van der Waals surface area contributed by atoms with E-state index in [1.165, 1.54) is 0 Å². The number of rotatable bonds is 13. The normalized spacial score (nSPS) is 54.0. The van der Waals surface area contributed by atoms with Crippen molar-refractivity contribution in [3.05, 3.63) is 11.6 Å². The van der Waals surface area contributed by atoms with Crippen LogP contribution in [0.25, 0.3) is 0 Å². The molecule has 458 valence electrons. The molecule has 0 aromatic rings. The molecule has 0 amide bonds. The van der Waals surface area contributed by atoms with Gasteiger partial charge in [0, 0.05) is 0 Å². The Balaban J connectivity index is 0.990. The number of carboxylic acid groups (broad SMARTS) is 1. The molecule has 9 rings (SSSR count). The van der Waals surface area contributed by atoms with E-state index >= 15 is 4.79 Å². The van der Waals surface area contributed by atoms with Crippen LogP contribution in [0.5, 0.6) is 0 Å². The van der Waals surface area contributed by atoms with Crippen molar-refractivity contribution in [3.8, 4) is 0 Å². The summed E-state index contributed by atoms with van der Waals surface area (Å²) in [7, 11) is 0. The maximum absolute atomic E-state index is 15.5. The van der Waals surface area contributed by atoms with Crippen molar-refractivity contribution < 1.29 is 129 Å². The van der Waals surface area contributed by atoms with Crippen molar-refractivity contribution >= 4 is 11.9 Å². The highest BCUT2D eigenvalue weighted by molar-refractivity contribution is 5.80. The Bertz CT molecular complexity index is 2250. The van der Waals surface area contributed by atoms with Gasteiger partial charge in [-0.05, 0) is 104 Å². The summed E-state index contributed by atoms with van der Waals surface area (Å²) in [5.74, 6) is -3.03. The summed E-state index contributed by atoms with van der Waals surface area (Å²) in [6.45, 7) is 9.05. The van der Waals surface area contributed by atoms with E-state index in [1.807, 2.05) is 0 Å². The molecule has 9 aliphatic rings. The average Bonchev–Trinajstić information content (AvgIpc) is 3.41. The SMILES string of the molecule is CC1(C)CC[C@]2(C(=O)O[C@H]3O[C@@H](CO[C@H]4O[C@@H](CO[C@H]5O[C@@H](CO)[C@H](O)[C@@H](O)[C@@H]5O)[C@H](O)[C@@H](O)[C@@H]4O)[C@H](O)[C@@H](O[C@H]4O[C@@H](CO)[C@H](O)[C@@H](O)[C@@H]4O)[C@@H]3O)[C@H](C1)C1=CC[C@@H]3[C@@]4(C)CC[C@H](O)[C@@](C)(C(=O)O)[C@H]4CC[C@@]3(C)[C@]1(C)C[C@@H]2O. The topological polar surface area (TPSA) is 432 Å². The summed E-state index contributed by atoms with van der Waals surface area (Å²) in [6, 6.07) is 0. The van der Waals surface area contributed by atoms with Crippen LogP contribution in [-0.2, 0) is 47.5 Å². The van der Waals surface area contributed by atoms with Gasteiger partial charge in [0.1, 0.15) is 103 Å². The second kappa shape index (κ2) is 22.6. The van der Waals surface area contributed by atoms with Crippen molar-refractivity contribution in [2.75, 3.05) is 26.4 Å². The van der Waals surface area contributed by atoms with Gasteiger partial charge in [0.25, 0.3) is 0 Å². The first-order valence-electron chi connectivity index (χ1n) is 28.1. The molecule has 80 heavy (non-hydrogen) atoms. The fourth-order valence-electron chi connectivity index (χ4n) is 16.3. The number of ether oxygens (including phenoxy) is 8. The molecule has 5 aliphatic carbocycles. The molecule has 4 saturated heterocycles. The second-order valence-corrected chi connectivity index (χ2v) is 26.2. The fourth-order valence-corrected chi connectivity index (χ4v) is 16.3. The van der Waals surface area contributed by atoms with Crippen LogP contribution in [0.15, 0.2) is 11.6 Å². The number of allylic oxidation sites excluding steroid dienone is 2. The number of aliphatic hydroxyl groups is 15. The highest BCUT2D eigenvalue weighted by Crippen LogP contribution is 2.76. The Kier molecular flexibility index (Phi) is 17.6. The minimum Gasteiger partial charge on any atom is -0.481 e. The van der Waals surface area contributed by atoms with Gasteiger partial charge in [0.05, 0.1) is 44.1 Å². The molecule has 0 unspecified atom stereocenters. The van der Waals surface area contributed by atoms with Gasteiger partial charge in [0.2, 0.25) is 6.29 Å². The Morgan fingerprint density at radius 2 is 1.06 bits per heavy atom. The van der Waals surface area contributed by atoms with Crippen LogP contribution in [0.1, 0.15) is 99.3 Å². The van der Waals surface area contributed by atoms with Gasteiger partial charge in [0.15, 0.2) is 18.9 Å². The van der Waals surface area contributed by atoms with Crippen LogP contribution in [-0.4, -0.2) is 255 Å². The highest BCUT2D eigenvalue weighted by atomic mass is 16.8. The first-order valence-corrected chi connectivity index (χ1v) is 28.1. The molecule has 8 fully saturated rings. The quantitative estimate of drug-likeness (QED) is 0.0617. The van der Waals surface area contributed by atoms with Gasteiger partial charge >= 0.3 is 11.9 Å². The lowest BCUT2D eigenvalue weighted by atomic mass is 9.33. The first-order chi connectivity index (χ1) is 37.4. The first kappa shape index (κ1) is 62.3. The smallest absolute Gasteiger partial charge is 0.317 e. The van der Waals surface area contributed by atoms with Crippen LogP contribution in [0.3, 0.4) is 0 Å². The van der Waals surface area contributed by atoms with Crippen LogP contribution in [0.2, 0.25) is 0 Å². The third-order valence-corrected chi connectivity index (χ3v) is 21.5. The number of aliphatic hydroxyl groups excluding tert-OH is 15. The lowest BCUT2D eigenvalue weighted by molar-refractivity contribution is -0.364. The van der Waals surface area contributed by atoms with Gasteiger partial charge in [-0.1, -0.05) is 46.3 Å². The molecule has 4 saturated carbocycles. The van der Waals surface area contributed by atoms with Gasteiger partial charge in [-0.15, -0.1) is 0 Å². The van der Waals surface area contributed by atoms with Crippen molar-refractivity contribution in [1.29, 1.82) is 0 Å². The molecule has 4 aliphatic heterocycles. The summed E-state index contributed by atoms with van der Waals surface area (Å²) >= 11 is 0. The molecule has 0 aromatic carbocycles. The standard InChI is InChI=1S/C54H86O26/c1-49(2)13-14-54(22(15-49)21-7-8-27-50(3)11-10-29(57)53(6,47(70)71)28(50)9-12-51(27,4)52(21,5)16-30(54)58)48(72)80-46-41(69)42(79-45-40(68)36(64)32(60)24(18-56)76-45)34(62)26(78-46)20-74-44-39(67)37(65)33(61)25(77-44)19-73-43-38(66)35(63)31(59)23(17-55)75-43/h7,22-46,55-69H,8-20H2,1-6H3,(H,70,71)/t22-,23+,24+,25+,26+,27-,28+,29+,30+,31+,32+,33+,34+,35-,36-,37-,38+,39+,40+,41+,42-,43+,44+,45-,46-,50-,51-,52-,53+,54+/m1/s1. The van der Waals surface area contributed by atoms with Crippen molar-refractivity contribution in [2.24, 2.45) is 50.2 Å². The molecule has 26 heteroatoms.